The van der Waals surface area contributed by atoms with E-state index in [1.54, 1.807) is 12.1 Å². The van der Waals surface area contributed by atoms with Crippen molar-refractivity contribution in [2.24, 2.45) is 0 Å². The first-order chi connectivity index (χ1) is 18.2. The van der Waals surface area contributed by atoms with E-state index in [4.69, 9.17) is 32.7 Å². The predicted octanol–water partition coefficient (Wildman–Crippen LogP) is 4.99. The van der Waals surface area contributed by atoms with Gasteiger partial charge < -0.3 is 14.8 Å². The number of halogens is 2. The second-order valence-corrected chi connectivity index (χ2v) is 8.99. The fourth-order valence-corrected chi connectivity index (χ4v) is 3.93. The Morgan fingerprint density at radius 3 is 2.50 bits per heavy atom. The van der Waals surface area contributed by atoms with Gasteiger partial charge in [0.2, 0.25) is 0 Å². The summed E-state index contributed by atoms with van der Waals surface area (Å²) in [7, 11) is 1.41. The number of barbiturate groups is 1. The molecule has 1 heterocycles. The standard InChI is InChI=1S/C27H21Cl2N3O6/c1-15-4-3-5-17(10-15)30-24(33)14-38-22-9-6-16(12-23(22)37-2)11-19-25(34)31-27(36)32(26(19)35)18-7-8-20(28)21(29)13-18/h3-13H,14H2,1-2H3,(H,30,33)(H,31,34,36)/b19-11-. The minimum atomic E-state index is -0.916. The second kappa shape index (κ2) is 11.4. The third-order valence-electron chi connectivity index (χ3n) is 5.42. The Morgan fingerprint density at radius 2 is 1.79 bits per heavy atom. The molecule has 0 spiro atoms. The number of hydrogen-bond donors (Lipinski definition) is 2. The number of nitrogens with one attached hydrogen (secondary N) is 2. The molecule has 2 N–H and O–H groups in total. The van der Waals surface area contributed by atoms with Crippen molar-refractivity contribution in [2.45, 2.75) is 6.92 Å². The van der Waals surface area contributed by atoms with Gasteiger partial charge >= 0.3 is 6.03 Å². The Kier molecular flexibility index (Phi) is 7.99. The molecule has 5 amide bonds. The average Bonchev–Trinajstić information content (AvgIpc) is 2.87. The summed E-state index contributed by atoms with van der Waals surface area (Å²) in [6.45, 7) is 1.65. The molecule has 1 aliphatic rings. The lowest BCUT2D eigenvalue weighted by Crippen LogP contribution is -2.54. The molecule has 9 nitrogen and oxygen atoms in total. The Labute approximate surface area is 227 Å². The van der Waals surface area contributed by atoms with Crippen molar-refractivity contribution in [2.75, 3.05) is 23.9 Å². The summed E-state index contributed by atoms with van der Waals surface area (Å²) in [6.07, 6.45) is 1.31. The molecular weight excluding hydrogens is 533 g/mol. The molecule has 0 radical (unpaired) electrons. The van der Waals surface area contributed by atoms with Gasteiger partial charge in [-0.3, -0.25) is 19.7 Å². The van der Waals surface area contributed by atoms with Crippen LogP contribution < -0.4 is 25.0 Å². The maximum atomic E-state index is 13.1. The molecule has 0 atom stereocenters. The van der Waals surface area contributed by atoms with Crippen molar-refractivity contribution in [3.8, 4) is 11.5 Å². The monoisotopic (exact) mass is 553 g/mol. The van der Waals surface area contributed by atoms with Gasteiger partial charge in [0.25, 0.3) is 17.7 Å². The number of carbonyl (C=O) groups is 4. The van der Waals surface area contributed by atoms with Gasteiger partial charge in [-0.05, 0) is 66.6 Å². The highest BCUT2D eigenvalue weighted by Gasteiger charge is 2.37. The molecule has 38 heavy (non-hydrogen) atoms. The van der Waals surface area contributed by atoms with Gasteiger partial charge in [-0.15, -0.1) is 0 Å². The molecule has 3 aromatic carbocycles. The molecule has 1 saturated heterocycles. The van der Waals surface area contributed by atoms with Crippen molar-refractivity contribution < 1.29 is 28.7 Å². The molecule has 0 bridgehead atoms. The van der Waals surface area contributed by atoms with E-state index in [9.17, 15) is 19.2 Å². The van der Waals surface area contributed by atoms with Crippen LogP contribution in [0.5, 0.6) is 11.5 Å². The second-order valence-electron chi connectivity index (χ2n) is 8.17. The third-order valence-corrected chi connectivity index (χ3v) is 6.16. The molecule has 4 rings (SSSR count). The third kappa shape index (κ3) is 5.96. The average molecular weight is 554 g/mol. The summed E-state index contributed by atoms with van der Waals surface area (Å²) >= 11 is 12.0. The summed E-state index contributed by atoms with van der Waals surface area (Å²) in [5, 5.41) is 5.27. The van der Waals surface area contributed by atoms with Crippen molar-refractivity contribution in [3.05, 3.63) is 87.4 Å². The number of anilines is 2. The topological polar surface area (TPSA) is 114 Å². The number of nitrogens with zero attached hydrogens (tertiary/aromatic N) is 1. The lowest BCUT2D eigenvalue weighted by atomic mass is 10.1. The number of hydrogen-bond acceptors (Lipinski definition) is 6. The number of benzene rings is 3. The molecule has 3 aromatic rings. The van der Waals surface area contributed by atoms with Crippen LogP contribution in [0.4, 0.5) is 16.2 Å². The van der Waals surface area contributed by atoms with Crippen LogP contribution in [0.25, 0.3) is 6.08 Å². The van der Waals surface area contributed by atoms with Crippen LogP contribution in [-0.2, 0) is 14.4 Å². The molecule has 1 fully saturated rings. The molecule has 0 aliphatic carbocycles. The molecule has 0 aromatic heterocycles. The smallest absolute Gasteiger partial charge is 0.335 e. The van der Waals surface area contributed by atoms with Crippen LogP contribution in [0.3, 0.4) is 0 Å². The Morgan fingerprint density at radius 1 is 1.00 bits per heavy atom. The molecule has 11 heteroatoms. The van der Waals surface area contributed by atoms with Gasteiger partial charge in [0.05, 0.1) is 22.8 Å². The van der Waals surface area contributed by atoms with E-state index in [1.807, 2.05) is 25.1 Å². The minimum absolute atomic E-state index is 0.139. The number of imide groups is 2. The summed E-state index contributed by atoms with van der Waals surface area (Å²) < 4.78 is 11.0. The van der Waals surface area contributed by atoms with Gasteiger partial charge in [-0.2, -0.15) is 0 Å². The van der Waals surface area contributed by atoms with Gasteiger partial charge in [0.15, 0.2) is 18.1 Å². The number of carbonyl (C=O) groups excluding carboxylic acids is 4. The van der Waals surface area contributed by atoms with Gasteiger partial charge in [0.1, 0.15) is 5.57 Å². The zero-order chi connectivity index (χ0) is 27.4. The van der Waals surface area contributed by atoms with E-state index in [2.05, 4.69) is 10.6 Å². The first-order valence-corrected chi connectivity index (χ1v) is 12.0. The molecule has 1 aliphatic heterocycles. The lowest BCUT2D eigenvalue weighted by molar-refractivity contribution is -0.122. The van der Waals surface area contributed by atoms with E-state index in [1.165, 1.54) is 43.5 Å². The maximum absolute atomic E-state index is 13.1. The number of ether oxygens (including phenoxy) is 2. The summed E-state index contributed by atoms with van der Waals surface area (Å²) in [5.74, 6) is -1.52. The van der Waals surface area contributed by atoms with Crippen LogP contribution in [0, 0.1) is 6.92 Å². The Hall–Kier alpha value is -4.34. The molecule has 194 valence electrons. The Balaban J connectivity index is 1.52. The Bertz CT molecular complexity index is 1490. The lowest BCUT2D eigenvalue weighted by Gasteiger charge is -2.26. The number of rotatable bonds is 7. The van der Waals surface area contributed by atoms with Crippen molar-refractivity contribution in [1.82, 2.24) is 5.32 Å². The van der Waals surface area contributed by atoms with Crippen LogP contribution >= 0.6 is 23.2 Å². The fourth-order valence-electron chi connectivity index (χ4n) is 3.64. The first-order valence-electron chi connectivity index (χ1n) is 11.2. The maximum Gasteiger partial charge on any atom is 0.335 e. The predicted molar refractivity (Wildman–Crippen MR) is 144 cm³/mol. The van der Waals surface area contributed by atoms with E-state index in [0.29, 0.717) is 11.3 Å². The van der Waals surface area contributed by atoms with Gasteiger partial charge in [-0.25, -0.2) is 9.69 Å². The largest absolute Gasteiger partial charge is 0.493 e. The zero-order valence-electron chi connectivity index (χ0n) is 20.2. The summed E-state index contributed by atoms with van der Waals surface area (Å²) in [6, 6.07) is 15.3. The summed E-state index contributed by atoms with van der Waals surface area (Å²) in [5.41, 5.74) is 1.93. The van der Waals surface area contributed by atoms with Crippen LogP contribution in [0.15, 0.2) is 66.2 Å². The van der Waals surface area contributed by atoms with E-state index in [0.717, 1.165) is 10.5 Å². The summed E-state index contributed by atoms with van der Waals surface area (Å²) in [4.78, 5) is 51.1. The number of amides is 5. The number of methoxy groups -OCH3 is 1. The number of urea groups is 1. The van der Waals surface area contributed by atoms with Crippen LogP contribution in [-0.4, -0.2) is 37.5 Å². The minimum Gasteiger partial charge on any atom is -0.493 e. The SMILES string of the molecule is COc1cc(/C=C2/C(=O)NC(=O)N(c3ccc(Cl)c(Cl)c3)C2=O)ccc1OCC(=O)Nc1cccc(C)c1. The zero-order valence-corrected chi connectivity index (χ0v) is 21.7. The quantitative estimate of drug-likeness (QED) is 0.314. The highest BCUT2D eigenvalue weighted by molar-refractivity contribution is 6.43. The van der Waals surface area contributed by atoms with Gasteiger partial charge in [-0.1, -0.05) is 41.4 Å². The van der Waals surface area contributed by atoms with Crippen LogP contribution in [0.2, 0.25) is 10.0 Å². The van der Waals surface area contributed by atoms with Crippen molar-refractivity contribution in [3.63, 3.8) is 0 Å². The number of aryl methyl sites for hydroxylation is 1. The highest BCUT2D eigenvalue weighted by atomic mass is 35.5. The van der Waals surface area contributed by atoms with E-state index in [-0.39, 0.29) is 45.3 Å². The molecule has 0 saturated carbocycles. The van der Waals surface area contributed by atoms with Crippen molar-refractivity contribution >= 4 is 64.4 Å². The van der Waals surface area contributed by atoms with Crippen molar-refractivity contribution in [1.29, 1.82) is 0 Å². The molecular formula is C27H21Cl2N3O6. The fraction of sp³-hybridized carbons (Fsp3) is 0.111. The van der Waals surface area contributed by atoms with E-state index >= 15 is 0 Å². The van der Waals surface area contributed by atoms with Crippen LogP contribution in [0.1, 0.15) is 11.1 Å². The first kappa shape index (κ1) is 26.7. The molecule has 0 unspecified atom stereocenters. The van der Waals surface area contributed by atoms with Gasteiger partial charge in [0, 0.05) is 5.69 Å². The van der Waals surface area contributed by atoms with E-state index < -0.39 is 17.8 Å². The normalized spacial score (nSPS) is 14.4. The highest BCUT2D eigenvalue weighted by Crippen LogP contribution is 2.31.